The number of benzene rings is 3. The van der Waals surface area contributed by atoms with Gasteiger partial charge in [-0.1, -0.05) is 18.2 Å². The maximum atomic E-state index is 13.7. The van der Waals surface area contributed by atoms with E-state index in [0.717, 1.165) is 5.56 Å². The molecule has 0 unspecified atom stereocenters. The van der Waals surface area contributed by atoms with Crippen LogP contribution in [0.15, 0.2) is 89.5 Å². The number of hydrogen-bond donors (Lipinski definition) is 2. The molecule has 210 valence electrons. The van der Waals surface area contributed by atoms with Crippen LogP contribution in [-0.4, -0.2) is 48.8 Å². The molecule has 5 rings (SSSR count). The highest BCUT2D eigenvalue weighted by molar-refractivity contribution is 6.05. The largest absolute Gasteiger partial charge is 0.459 e. The number of nitrogens with one attached hydrogen (secondary N) is 2. The minimum absolute atomic E-state index is 0.131. The average Bonchev–Trinajstić information content (AvgIpc) is 3.42. The number of halogens is 2. The first-order valence-electron chi connectivity index (χ1n) is 13.2. The van der Waals surface area contributed by atoms with E-state index in [2.05, 4.69) is 10.6 Å². The van der Waals surface area contributed by atoms with Crippen molar-refractivity contribution in [3.8, 4) is 0 Å². The van der Waals surface area contributed by atoms with Gasteiger partial charge in [0.25, 0.3) is 17.7 Å². The van der Waals surface area contributed by atoms with Crippen LogP contribution in [0.3, 0.4) is 0 Å². The molecule has 10 heteroatoms. The number of rotatable bonds is 7. The van der Waals surface area contributed by atoms with Crippen molar-refractivity contribution in [3.05, 3.63) is 119 Å². The van der Waals surface area contributed by atoms with Crippen molar-refractivity contribution in [3.63, 3.8) is 0 Å². The van der Waals surface area contributed by atoms with Crippen molar-refractivity contribution in [2.45, 2.75) is 13.0 Å². The Kier molecular flexibility index (Phi) is 8.38. The Morgan fingerprint density at radius 1 is 0.805 bits per heavy atom. The van der Waals surface area contributed by atoms with Gasteiger partial charge >= 0.3 is 0 Å². The highest BCUT2D eigenvalue weighted by Crippen LogP contribution is 2.27. The predicted molar refractivity (Wildman–Crippen MR) is 150 cm³/mol. The second-order valence-electron chi connectivity index (χ2n) is 9.62. The lowest BCUT2D eigenvalue weighted by Crippen LogP contribution is -2.36. The van der Waals surface area contributed by atoms with E-state index < -0.39 is 11.7 Å². The lowest BCUT2D eigenvalue weighted by atomic mass is 10.1. The van der Waals surface area contributed by atoms with Crippen LogP contribution >= 0.6 is 0 Å². The molecular weight excluding hydrogens is 530 g/mol. The van der Waals surface area contributed by atoms with Gasteiger partial charge in [-0.15, -0.1) is 0 Å². The lowest BCUT2D eigenvalue weighted by Gasteiger charge is -2.26. The number of anilines is 2. The molecule has 1 aromatic heterocycles. The van der Waals surface area contributed by atoms with E-state index in [4.69, 9.17) is 4.42 Å². The van der Waals surface area contributed by atoms with E-state index in [9.17, 15) is 23.2 Å². The van der Waals surface area contributed by atoms with Crippen LogP contribution in [0, 0.1) is 11.6 Å². The second-order valence-corrected chi connectivity index (χ2v) is 9.62. The van der Waals surface area contributed by atoms with Crippen molar-refractivity contribution in [1.29, 1.82) is 0 Å². The fraction of sp³-hybridized carbons (Fsp3) is 0.194. The van der Waals surface area contributed by atoms with Crippen LogP contribution < -0.4 is 15.5 Å². The molecule has 0 bridgehead atoms. The molecule has 0 saturated carbocycles. The third-order valence-corrected chi connectivity index (χ3v) is 6.81. The molecule has 2 heterocycles. The van der Waals surface area contributed by atoms with Crippen LogP contribution in [0.4, 0.5) is 20.2 Å². The van der Waals surface area contributed by atoms with E-state index in [1.165, 1.54) is 42.7 Å². The number of furan rings is 1. The molecule has 0 atom stereocenters. The molecule has 1 aliphatic rings. The average molecular weight is 559 g/mol. The van der Waals surface area contributed by atoms with E-state index in [0.29, 0.717) is 49.5 Å². The molecule has 4 aromatic rings. The van der Waals surface area contributed by atoms with Gasteiger partial charge in [0.15, 0.2) is 5.76 Å². The Bertz CT molecular complexity index is 1540. The number of carbonyl (C=O) groups excluding carboxylic acids is 3. The van der Waals surface area contributed by atoms with E-state index in [1.54, 1.807) is 47.4 Å². The standard InChI is InChI=1S/C31H28F2N4O4/c32-23-9-7-21(8-10-23)20-34-29(38)26-19-25(35-30(39)28-6-2-17-41-28)11-12-27(26)36-13-3-14-37(16-15-36)31(40)22-4-1-5-24(33)18-22/h1-2,4-12,17-19H,3,13-16,20H2,(H,34,38)(H,35,39). The summed E-state index contributed by atoms with van der Waals surface area (Å²) in [6, 6.07) is 19.7. The molecule has 1 saturated heterocycles. The zero-order valence-electron chi connectivity index (χ0n) is 22.1. The normalized spacial score (nSPS) is 13.4. The van der Waals surface area contributed by atoms with Gasteiger partial charge in [0, 0.05) is 49.7 Å². The SMILES string of the molecule is O=C(Nc1ccc(N2CCCN(C(=O)c3cccc(F)c3)CC2)c(C(=O)NCc2ccc(F)cc2)c1)c1ccco1. The van der Waals surface area contributed by atoms with Crippen LogP contribution in [0.2, 0.25) is 0 Å². The third-order valence-electron chi connectivity index (χ3n) is 6.81. The Hall–Kier alpha value is -4.99. The fourth-order valence-electron chi connectivity index (χ4n) is 4.72. The van der Waals surface area contributed by atoms with Gasteiger partial charge in [0.2, 0.25) is 0 Å². The third kappa shape index (κ3) is 6.78. The van der Waals surface area contributed by atoms with Crippen molar-refractivity contribution in [2.75, 3.05) is 36.4 Å². The second kappa shape index (κ2) is 12.5. The number of amides is 3. The van der Waals surface area contributed by atoms with Crippen molar-refractivity contribution >= 4 is 29.1 Å². The summed E-state index contributed by atoms with van der Waals surface area (Å²) in [5, 5.41) is 5.62. The van der Waals surface area contributed by atoms with Gasteiger partial charge in [0.1, 0.15) is 11.6 Å². The van der Waals surface area contributed by atoms with Gasteiger partial charge in [-0.3, -0.25) is 14.4 Å². The highest BCUT2D eigenvalue weighted by atomic mass is 19.1. The Morgan fingerprint density at radius 2 is 1.63 bits per heavy atom. The lowest BCUT2D eigenvalue weighted by molar-refractivity contribution is 0.0766. The van der Waals surface area contributed by atoms with Crippen molar-refractivity contribution in [2.24, 2.45) is 0 Å². The summed E-state index contributed by atoms with van der Waals surface area (Å²) in [7, 11) is 0. The summed E-state index contributed by atoms with van der Waals surface area (Å²) in [6.45, 7) is 2.05. The van der Waals surface area contributed by atoms with Gasteiger partial charge in [-0.25, -0.2) is 8.78 Å². The highest BCUT2D eigenvalue weighted by Gasteiger charge is 2.24. The smallest absolute Gasteiger partial charge is 0.291 e. The maximum Gasteiger partial charge on any atom is 0.291 e. The van der Waals surface area contributed by atoms with Gasteiger partial charge in [-0.05, 0) is 72.6 Å². The van der Waals surface area contributed by atoms with E-state index in [-0.39, 0.29) is 35.5 Å². The summed E-state index contributed by atoms with van der Waals surface area (Å²) in [6.07, 6.45) is 2.03. The molecule has 1 fully saturated rings. The zero-order valence-corrected chi connectivity index (χ0v) is 22.1. The molecule has 2 N–H and O–H groups in total. The van der Waals surface area contributed by atoms with Crippen LogP contribution in [0.25, 0.3) is 0 Å². The molecule has 1 aliphatic heterocycles. The van der Waals surface area contributed by atoms with E-state index >= 15 is 0 Å². The first kappa shape index (κ1) is 27.6. The molecule has 3 amide bonds. The molecule has 0 aliphatic carbocycles. The predicted octanol–water partition coefficient (Wildman–Crippen LogP) is 5.09. The summed E-state index contributed by atoms with van der Waals surface area (Å²) < 4.78 is 32.2. The first-order chi connectivity index (χ1) is 19.9. The van der Waals surface area contributed by atoms with Gasteiger partial charge < -0.3 is 24.9 Å². The molecular formula is C31H28F2N4O4. The molecule has 0 spiro atoms. The first-order valence-corrected chi connectivity index (χ1v) is 13.2. The van der Waals surface area contributed by atoms with Gasteiger partial charge in [0.05, 0.1) is 11.8 Å². The Balaban J connectivity index is 1.36. The van der Waals surface area contributed by atoms with Crippen LogP contribution in [-0.2, 0) is 6.54 Å². The molecule has 41 heavy (non-hydrogen) atoms. The van der Waals surface area contributed by atoms with E-state index in [1.807, 2.05) is 4.90 Å². The Labute approximate surface area is 235 Å². The quantitative estimate of drug-likeness (QED) is 0.330. The summed E-state index contributed by atoms with van der Waals surface area (Å²) in [5.41, 5.74) is 2.38. The summed E-state index contributed by atoms with van der Waals surface area (Å²) >= 11 is 0. The maximum absolute atomic E-state index is 13.7. The van der Waals surface area contributed by atoms with Gasteiger partial charge in [-0.2, -0.15) is 0 Å². The minimum atomic E-state index is -0.470. The number of carbonyl (C=O) groups is 3. The number of hydrogen-bond acceptors (Lipinski definition) is 5. The van der Waals surface area contributed by atoms with Crippen LogP contribution in [0.5, 0.6) is 0 Å². The fourth-order valence-corrected chi connectivity index (χ4v) is 4.72. The van der Waals surface area contributed by atoms with Crippen LogP contribution in [0.1, 0.15) is 43.3 Å². The van der Waals surface area contributed by atoms with Crippen molar-refractivity contribution in [1.82, 2.24) is 10.2 Å². The molecule has 8 nitrogen and oxygen atoms in total. The zero-order chi connectivity index (χ0) is 28.8. The minimum Gasteiger partial charge on any atom is -0.459 e. The molecule has 0 radical (unpaired) electrons. The monoisotopic (exact) mass is 558 g/mol. The summed E-state index contributed by atoms with van der Waals surface area (Å²) in [5.74, 6) is -1.79. The molecule has 3 aromatic carbocycles. The summed E-state index contributed by atoms with van der Waals surface area (Å²) in [4.78, 5) is 42.7. The topological polar surface area (TPSA) is 94.9 Å². The number of nitrogens with zero attached hydrogens (tertiary/aromatic N) is 2. The Morgan fingerprint density at radius 3 is 2.39 bits per heavy atom. The van der Waals surface area contributed by atoms with Crippen molar-refractivity contribution < 1.29 is 27.6 Å².